The molecule has 21 heavy (non-hydrogen) atoms. The van der Waals surface area contributed by atoms with Crippen molar-refractivity contribution in [2.24, 2.45) is 5.73 Å². The van der Waals surface area contributed by atoms with E-state index in [0.717, 1.165) is 12.1 Å². The molecule has 3 N–H and O–H groups in total. The Morgan fingerprint density at radius 1 is 1.33 bits per heavy atom. The molecule has 10 heteroatoms. The van der Waals surface area contributed by atoms with Crippen LogP contribution in [-0.4, -0.2) is 23.2 Å². The summed E-state index contributed by atoms with van der Waals surface area (Å²) in [5, 5.41) is 2.09. The van der Waals surface area contributed by atoms with Gasteiger partial charge in [0.1, 0.15) is 11.6 Å². The van der Waals surface area contributed by atoms with Crippen molar-refractivity contribution >= 4 is 35.8 Å². The summed E-state index contributed by atoms with van der Waals surface area (Å²) in [4.78, 5) is 11.5. The van der Waals surface area contributed by atoms with E-state index in [1.54, 1.807) is 0 Å². The van der Waals surface area contributed by atoms with Crippen molar-refractivity contribution in [3.63, 3.8) is 0 Å². The van der Waals surface area contributed by atoms with Crippen molar-refractivity contribution in [1.29, 1.82) is 0 Å². The number of anilines is 1. The van der Waals surface area contributed by atoms with Crippen molar-refractivity contribution in [1.82, 2.24) is 0 Å². The molecule has 0 saturated carbocycles. The minimum Gasteiger partial charge on any atom is -0.322 e. The van der Waals surface area contributed by atoms with Crippen molar-refractivity contribution in [3.05, 3.63) is 29.8 Å². The molecular formula is C11H12ClF5N2OS. The van der Waals surface area contributed by atoms with Gasteiger partial charge in [0.25, 0.3) is 0 Å². The zero-order chi connectivity index (χ0) is 15.3. The molecule has 3 nitrogen and oxygen atoms in total. The average Bonchev–Trinajstić information content (AvgIpc) is 2.30. The Labute approximate surface area is 127 Å². The van der Waals surface area contributed by atoms with Crippen LogP contribution in [0.3, 0.4) is 0 Å². The number of benzene rings is 1. The van der Waals surface area contributed by atoms with E-state index in [-0.39, 0.29) is 42.0 Å². The van der Waals surface area contributed by atoms with Crippen LogP contribution in [0.15, 0.2) is 18.2 Å². The summed E-state index contributed by atoms with van der Waals surface area (Å²) in [6, 6.07) is 1.29. The van der Waals surface area contributed by atoms with Gasteiger partial charge in [-0.1, -0.05) is 11.8 Å². The fourth-order valence-electron chi connectivity index (χ4n) is 1.25. The van der Waals surface area contributed by atoms with Crippen LogP contribution in [0.2, 0.25) is 0 Å². The average molecular weight is 351 g/mol. The molecule has 1 unspecified atom stereocenters. The van der Waals surface area contributed by atoms with E-state index in [1.807, 2.05) is 0 Å². The van der Waals surface area contributed by atoms with Gasteiger partial charge in [-0.25, -0.2) is 8.78 Å². The molecule has 0 radical (unpaired) electrons. The smallest absolute Gasteiger partial charge is 0.322 e. The highest BCUT2D eigenvalue weighted by Crippen LogP contribution is 2.30. The van der Waals surface area contributed by atoms with E-state index in [2.05, 4.69) is 5.32 Å². The predicted molar refractivity (Wildman–Crippen MR) is 73.3 cm³/mol. The van der Waals surface area contributed by atoms with Crippen molar-refractivity contribution in [3.8, 4) is 0 Å². The van der Waals surface area contributed by atoms with E-state index < -0.39 is 29.1 Å². The number of nitrogens with one attached hydrogen (secondary N) is 1. The van der Waals surface area contributed by atoms with Gasteiger partial charge < -0.3 is 11.1 Å². The summed E-state index contributed by atoms with van der Waals surface area (Å²) in [6.45, 7) is 0. The third-order valence-electron chi connectivity index (χ3n) is 2.22. The molecule has 0 spiro atoms. The molecule has 0 aliphatic heterocycles. The normalized spacial score (nSPS) is 12.5. The second-order valence-electron chi connectivity index (χ2n) is 3.80. The third kappa shape index (κ3) is 7.49. The maximum atomic E-state index is 13.2. The number of hydrogen-bond donors (Lipinski definition) is 2. The SMILES string of the molecule is Cl.NC(CCSC(F)(F)F)C(=O)Nc1ccc(F)cc1F. The molecule has 0 aliphatic rings. The zero-order valence-corrected chi connectivity index (χ0v) is 12.0. The summed E-state index contributed by atoms with van der Waals surface area (Å²) >= 11 is -0.293. The summed E-state index contributed by atoms with van der Waals surface area (Å²) in [5.41, 5.74) is 0.713. The maximum absolute atomic E-state index is 13.2. The Hall–Kier alpha value is -1.06. The van der Waals surface area contributed by atoms with Gasteiger partial charge in [-0.15, -0.1) is 12.4 Å². The Balaban J connectivity index is 0.00000400. The van der Waals surface area contributed by atoms with Crippen molar-refractivity contribution in [2.75, 3.05) is 11.1 Å². The number of carbonyl (C=O) groups excluding carboxylic acids is 1. The zero-order valence-electron chi connectivity index (χ0n) is 10.4. The number of carbonyl (C=O) groups is 1. The molecule has 1 atom stereocenters. The van der Waals surface area contributed by atoms with Crippen molar-refractivity contribution < 1.29 is 26.7 Å². The number of hydrogen-bond acceptors (Lipinski definition) is 3. The molecule has 0 saturated heterocycles. The lowest BCUT2D eigenvalue weighted by atomic mass is 10.2. The quantitative estimate of drug-likeness (QED) is 0.801. The molecule has 120 valence electrons. The standard InChI is InChI=1S/C11H11F5N2OS.ClH/c12-6-1-2-9(7(13)5-6)18-10(19)8(17)3-4-20-11(14,15)16;/h1-2,5,8H,3-4,17H2,(H,18,19);1H. The molecule has 1 aromatic carbocycles. The minimum atomic E-state index is -4.39. The highest BCUT2D eigenvalue weighted by atomic mass is 35.5. The van der Waals surface area contributed by atoms with E-state index in [1.165, 1.54) is 0 Å². The van der Waals surface area contributed by atoms with Crippen LogP contribution in [-0.2, 0) is 4.79 Å². The minimum absolute atomic E-state index is 0. The van der Waals surface area contributed by atoms with Crippen LogP contribution in [0.25, 0.3) is 0 Å². The van der Waals surface area contributed by atoms with Gasteiger partial charge in [0.15, 0.2) is 0 Å². The Kier molecular flexibility index (Phi) is 7.98. The monoisotopic (exact) mass is 350 g/mol. The van der Waals surface area contributed by atoms with Crippen LogP contribution in [0.5, 0.6) is 0 Å². The van der Waals surface area contributed by atoms with Gasteiger partial charge in [-0.05, 0) is 18.6 Å². The first-order chi connectivity index (χ1) is 9.19. The highest BCUT2D eigenvalue weighted by Gasteiger charge is 2.28. The van der Waals surface area contributed by atoms with Crippen LogP contribution in [0.1, 0.15) is 6.42 Å². The number of alkyl halides is 3. The lowest BCUT2D eigenvalue weighted by Gasteiger charge is -2.13. The first-order valence-electron chi connectivity index (χ1n) is 5.41. The number of thioether (sulfide) groups is 1. The summed E-state index contributed by atoms with van der Waals surface area (Å²) in [7, 11) is 0. The highest BCUT2D eigenvalue weighted by molar-refractivity contribution is 8.00. The molecule has 0 aromatic heterocycles. The summed E-state index contributed by atoms with van der Waals surface area (Å²) in [5.74, 6) is -3.02. The first kappa shape index (κ1) is 19.9. The van der Waals surface area contributed by atoms with Crippen LogP contribution < -0.4 is 11.1 Å². The number of amides is 1. The Morgan fingerprint density at radius 3 is 2.48 bits per heavy atom. The van der Waals surface area contributed by atoms with Gasteiger partial charge in [0.05, 0.1) is 11.7 Å². The fraction of sp³-hybridized carbons (Fsp3) is 0.364. The third-order valence-corrected chi connectivity index (χ3v) is 2.99. The van der Waals surface area contributed by atoms with Gasteiger partial charge in [-0.2, -0.15) is 13.2 Å². The molecule has 0 bridgehead atoms. The van der Waals surface area contributed by atoms with E-state index >= 15 is 0 Å². The van der Waals surface area contributed by atoms with E-state index in [9.17, 15) is 26.7 Å². The summed E-state index contributed by atoms with van der Waals surface area (Å²) in [6.07, 6.45) is -0.223. The van der Waals surface area contributed by atoms with E-state index in [4.69, 9.17) is 5.73 Å². The molecule has 1 amide bonds. The van der Waals surface area contributed by atoms with Gasteiger partial charge in [0, 0.05) is 11.8 Å². The van der Waals surface area contributed by atoms with Crippen LogP contribution >= 0.6 is 24.2 Å². The van der Waals surface area contributed by atoms with Crippen LogP contribution in [0.4, 0.5) is 27.6 Å². The lowest BCUT2D eigenvalue weighted by Crippen LogP contribution is -2.36. The molecule has 1 rings (SSSR count). The molecule has 0 fully saturated rings. The fourth-order valence-corrected chi connectivity index (χ4v) is 1.85. The molecular weight excluding hydrogens is 339 g/mol. The first-order valence-corrected chi connectivity index (χ1v) is 6.40. The predicted octanol–water partition coefficient (Wildman–Crippen LogP) is 3.30. The lowest BCUT2D eigenvalue weighted by molar-refractivity contribution is -0.117. The second kappa shape index (κ2) is 8.40. The van der Waals surface area contributed by atoms with Gasteiger partial charge in [-0.3, -0.25) is 4.79 Å². The Bertz CT molecular complexity index is 486. The molecule has 0 aliphatic carbocycles. The van der Waals surface area contributed by atoms with Gasteiger partial charge in [0.2, 0.25) is 5.91 Å². The molecule has 1 aromatic rings. The van der Waals surface area contributed by atoms with Gasteiger partial charge >= 0.3 is 5.51 Å². The molecule has 0 heterocycles. The number of halogens is 6. The van der Waals surface area contributed by atoms with Crippen LogP contribution in [0, 0.1) is 11.6 Å². The largest absolute Gasteiger partial charge is 0.441 e. The second-order valence-corrected chi connectivity index (χ2v) is 4.96. The Morgan fingerprint density at radius 2 is 1.95 bits per heavy atom. The number of nitrogens with two attached hydrogens (primary N) is 1. The van der Waals surface area contributed by atoms with Crippen molar-refractivity contribution in [2.45, 2.75) is 18.0 Å². The summed E-state index contributed by atoms with van der Waals surface area (Å²) < 4.78 is 61.5. The topological polar surface area (TPSA) is 55.1 Å². The van der Waals surface area contributed by atoms with E-state index in [0.29, 0.717) is 6.07 Å². The number of rotatable bonds is 5. The maximum Gasteiger partial charge on any atom is 0.441 e.